The maximum absolute atomic E-state index is 12.4. The van der Waals surface area contributed by atoms with Crippen LogP contribution >= 0.6 is 0 Å². The minimum Gasteiger partial charge on any atom is -0.355 e. The molecule has 1 aromatic heterocycles. The van der Waals surface area contributed by atoms with Gasteiger partial charge < -0.3 is 10.3 Å². The van der Waals surface area contributed by atoms with E-state index in [9.17, 15) is 9.59 Å². The van der Waals surface area contributed by atoms with Crippen molar-refractivity contribution in [3.8, 4) is 0 Å². The van der Waals surface area contributed by atoms with Gasteiger partial charge in [0.15, 0.2) is 5.78 Å². The molecule has 4 rings (SSSR count). The molecule has 0 spiro atoms. The van der Waals surface area contributed by atoms with E-state index in [1.165, 1.54) is 4.57 Å². The number of para-hydroxylation sites is 1. The first-order valence-electron chi connectivity index (χ1n) is 8.33. The monoisotopic (exact) mass is 343 g/mol. The second kappa shape index (κ2) is 6.72. The molecule has 0 atom stereocenters. The largest absolute Gasteiger partial charge is 0.355 e. The van der Waals surface area contributed by atoms with Gasteiger partial charge in [0.1, 0.15) is 0 Å². The Balaban J connectivity index is 1.63. The molecule has 0 aliphatic rings. The second-order valence-corrected chi connectivity index (χ2v) is 6.03. The van der Waals surface area contributed by atoms with Gasteiger partial charge in [-0.05, 0) is 30.3 Å². The highest BCUT2D eigenvalue weighted by Crippen LogP contribution is 2.21. The molecule has 3 aromatic carbocycles. The Morgan fingerprint density at radius 1 is 0.885 bits per heavy atom. The fraction of sp³-hybridized carbons (Fsp3) is 0.0476. The van der Waals surface area contributed by atoms with Gasteiger partial charge in [-0.3, -0.25) is 9.36 Å². The summed E-state index contributed by atoms with van der Waals surface area (Å²) >= 11 is 0. The summed E-state index contributed by atoms with van der Waals surface area (Å²) in [5.74, 6) is -0.0971. The molecule has 5 nitrogen and oxygen atoms in total. The molecule has 1 heterocycles. The normalized spacial score (nSPS) is 10.8. The van der Waals surface area contributed by atoms with Crippen molar-refractivity contribution in [3.05, 3.63) is 94.9 Å². The third kappa shape index (κ3) is 3.15. The lowest BCUT2D eigenvalue weighted by molar-refractivity contribution is 0.0972. The van der Waals surface area contributed by atoms with Crippen molar-refractivity contribution in [2.24, 2.45) is 0 Å². The number of aromatic amines is 1. The summed E-state index contributed by atoms with van der Waals surface area (Å²) < 4.78 is 1.47. The van der Waals surface area contributed by atoms with Crippen molar-refractivity contribution < 1.29 is 4.79 Å². The molecule has 5 heteroatoms. The van der Waals surface area contributed by atoms with Crippen molar-refractivity contribution in [2.75, 3.05) is 5.32 Å². The number of benzene rings is 3. The number of fused-ring (bicyclic) bond motifs is 1. The minimum atomic E-state index is -0.291. The SMILES string of the molecule is O=C(Cn1c(=O)[nH]c2cc(Nc3ccccc3)ccc21)c1ccccc1. The van der Waals surface area contributed by atoms with Crippen LogP contribution in [0.2, 0.25) is 0 Å². The molecule has 0 saturated heterocycles. The molecule has 0 saturated carbocycles. The quantitative estimate of drug-likeness (QED) is 0.539. The van der Waals surface area contributed by atoms with Crippen LogP contribution in [0.4, 0.5) is 11.4 Å². The topological polar surface area (TPSA) is 66.9 Å². The molecule has 0 aliphatic heterocycles. The summed E-state index contributed by atoms with van der Waals surface area (Å²) in [5, 5.41) is 3.29. The molecule has 0 bridgehead atoms. The van der Waals surface area contributed by atoms with Crippen LogP contribution in [0.25, 0.3) is 11.0 Å². The Morgan fingerprint density at radius 3 is 2.31 bits per heavy atom. The van der Waals surface area contributed by atoms with Crippen molar-refractivity contribution in [1.82, 2.24) is 9.55 Å². The third-order valence-electron chi connectivity index (χ3n) is 4.23. The predicted octanol–water partition coefficient (Wildman–Crippen LogP) is 3.96. The summed E-state index contributed by atoms with van der Waals surface area (Å²) in [6, 6.07) is 24.4. The number of ketones is 1. The van der Waals surface area contributed by atoms with Gasteiger partial charge in [0.05, 0.1) is 17.6 Å². The van der Waals surface area contributed by atoms with E-state index in [0.717, 1.165) is 11.4 Å². The highest BCUT2D eigenvalue weighted by molar-refractivity contribution is 5.96. The lowest BCUT2D eigenvalue weighted by Gasteiger charge is -2.07. The molecule has 26 heavy (non-hydrogen) atoms. The average molecular weight is 343 g/mol. The molecule has 0 amide bonds. The Morgan fingerprint density at radius 2 is 1.58 bits per heavy atom. The van der Waals surface area contributed by atoms with Gasteiger partial charge in [-0.15, -0.1) is 0 Å². The van der Waals surface area contributed by atoms with Crippen LogP contribution in [0.15, 0.2) is 83.7 Å². The summed E-state index contributed by atoms with van der Waals surface area (Å²) in [4.78, 5) is 27.6. The van der Waals surface area contributed by atoms with Crippen molar-refractivity contribution in [3.63, 3.8) is 0 Å². The number of H-pyrrole nitrogens is 1. The third-order valence-corrected chi connectivity index (χ3v) is 4.23. The zero-order valence-electron chi connectivity index (χ0n) is 14.0. The Kier molecular flexibility index (Phi) is 4.11. The molecule has 0 radical (unpaired) electrons. The van der Waals surface area contributed by atoms with Crippen molar-refractivity contribution in [2.45, 2.75) is 6.54 Å². The lowest BCUT2D eigenvalue weighted by Crippen LogP contribution is -2.21. The number of nitrogens with one attached hydrogen (secondary N) is 2. The minimum absolute atomic E-state index is 0.00824. The van der Waals surface area contributed by atoms with E-state index in [0.29, 0.717) is 16.6 Å². The van der Waals surface area contributed by atoms with Crippen molar-refractivity contribution in [1.29, 1.82) is 0 Å². The van der Waals surface area contributed by atoms with Gasteiger partial charge in [-0.2, -0.15) is 0 Å². The number of hydrogen-bond donors (Lipinski definition) is 2. The molecule has 2 N–H and O–H groups in total. The number of hydrogen-bond acceptors (Lipinski definition) is 3. The molecule has 0 unspecified atom stereocenters. The van der Waals surface area contributed by atoms with E-state index < -0.39 is 0 Å². The molecular weight excluding hydrogens is 326 g/mol. The van der Waals surface area contributed by atoms with Crippen LogP contribution in [0.1, 0.15) is 10.4 Å². The van der Waals surface area contributed by atoms with E-state index in [-0.39, 0.29) is 18.0 Å². The Bertz CT molecular complexity index is 1110. The van der Waals surface area contributed by atoms with Gasteiger partial charge in [0, 0.05) is 16.9 Å². The highest BCUT2D eigenvalue weighted by atomic mass is 16.2. The summed E-state index contributed by atoms with van der Waals surface area (Å²) in [5.41, 5.74) is 3.53. The molecule has 4 aromatic rings. The van der Waals surface area contributed by atoms with Gasteiger partial charge >= 0.3 is 5.69 Å². The van der Waals surface area contributed by atoms with Gasteiger partial charge in [0.25, 0.3) is 0 Å². The van der Waals surface area contributed by atoms with Crippen LogP contribution in [-0.4, -0.2) is 15.3 Å². The first-order chi connectivity index (χ1) is 12.7. The van der Waals surface area contributed by atoms with E-state index in [1.807, 2.05) is 66.7 Å². The fourth-order valence-electron chi connectivity index (χ4n) is 2.95. The summed E-state index contributed by atoms with van der Waals surface area (Å²) in [6.45, 7) is 0.00824. The van der Waals surface area contributed by atoms with E-state index in [4.69, 9.17) is 0 Å². The fourth-order valence-corrected chi connectivity index (χ4v) is 2.95. The standard InChI is InChI=1S/C21H17N3O2/c25-20(15-7-3-1-4-8-15)14-24-19-12-11-17(13-18(19)23-21(24)26)22-16-9-5-2-6-10-16/h1-13,22H,14H2,(H,23,26). The molecular formula is C21H17N3O2. The first-order valence-corrected chi connectivity index (χ1v) is 8.33. The Labute approximate surface area is 149 Å². The zero-order chi connectivity index (χ0) is 17.9. The average Bonchev–Trinajstić information content (AvgIpc) is 2.98. The number of rotatable bonds is 5. The van der Waals surface area contributed by atoms with E-state index >= 15 is 0 Å². The number of nitrogens with zero attached hydrogens (tertiary/aromatic N) is 1. The van der Waals surface area contributed by atoms with Crippen LogP contribution in [0, 0.1) is 0 Å². The van der Waals surface area contributed by atoms with Crippen LogP contribution in [0.5, 0.6) is 0 Å². The molecule has 0 fully saturated rings. The summed E-state index contributed by atoms with van der Waals surface area (Å²) in [6.07, 6.45) is 0. The number of Topliss-reactive ketones (excluding diaryl/α,β-unsaturated/α-hetero) is 1. The smallest absolute Gasteiger partial charge is 0.326 e. The van der Waals surface area contributed by atoms with Crippen molar-refractivity contribution >= 4 is 28.2 Å². The number of aromatic nitrogens is 2. The highest BCUT2D eigenvalue weighted by Gasteiger charge is 2.12. The Hall–Kier alpha value is -3.60. The number of anilines is 2. The van der Waals surface area contributed by atoms with Gasteiger partial charge in [0.2, 0.25) is 0 Å². The second-order valence-electron chi connectivity index (χ2n) is 6.03. The van der Waals surface area contributed by atoms with Gasteiger partial charge in [-0.1, -0.05) is 48.5 Å². The zero-order valence-corrected chi connectivity index (χ0v) is 14.0. The number of carbonyl (C=O) groups is 1. The van der Waals surface area contributed by atoms with Crippen LogP contribution < -0.4 is 11.0 Å². The summed E-state index contributed by atoms with van der Waals surface area (Å²) in [7, 11) is 0. The maximum Gasteiger partial charge on any atom is 0.326 e. The van der Waals surface area contributed by atoms with Crippen LogP contribution in [0.3, 0.4) is 0 Å². The molecule has 128 valence electrons. The number of imidazole rings is 1. The van der Waals surface area contributed by atoms with E-state index in [2.05, 4.69) is 10.3 Å². The maximum atomic E-state index is 12.4. The number of carbonyl (C=O) groups excluding carboxylic acids is 1. The van der Waals surface area contributed by atoms with E-state index in [1.54, 1.807) is 12.1 Å². The van der Waals surface area contributed by atoms with Gasteiger partial charge in [-0.25, -0.2) is 4.79 Å². The molecule has 0 aliphatic carbocycles. The van der Waals surface area contributed by atoms with Crippen LogP contribution in [-0.2, 0) is 6.54 Å². The predicted molar refractivity (Wildman–Crippen MR) is 103 cm³/mol. The first kappa shape index (κ1) is 15.9. The lowest BCUT2D eigenvalue weighted by atomic mass is 10.1.